The van der Waals surface area contributed by atoms with Crippen molar-refractivity contribution in [2.24, 2.45) is 0 Å². The lowest BCUT2D eigenvalue weighted by Crippen LogP contribution is -2.56. The van der Waals surface area contributed by atoms with Crippen LogP contribution in [0.3, 0.4) is 0 Å². The summed E-state index contributed by atoms with van der Waals surface area (Å²) in [5, 5.41) is 3.83. The molecule has 0 unspecified atom stereocenters. The molecule has 1 aromatic heterocycles. The van der Waals surface area contributed by atoms with Crippen molar-refractivity contribution in [1.29, 1.82) is 0 Å². The van der Waals surface area contributed by atoms with Gasteiger partial charge in [0.2, 0.25) is 12.0 Å². The zero-order chi connectivity index (χ0) is 22.9. The Hall–Kier alpha value is -3.61. The molecule has 7 nitrogen and oxygen atoms in total. The molecule has 2 aromatic carbocycles. The van der Waals surface area contributed by atoms with Crippen LogP contribution in [-0.2, 0) is 9.59 Å². The first-order valence-corrected chi connectivity index (χ1v) is 10.6. The fraction of sp³-hybridized carbons (Fsp3) is 0.320. The number of ether oxygens (including phenoxy) is 2. The standard InChI is InChI=1S/C25H27N3O4/c1-16(23(29)27-25(2,3)4)28(18-13-17-9-5-6-10-19(17)26-14-18)24(30)22-15-31-20-11-7-8-12-21(20)32-22/h5-14,16,22H,15H2,1-4H3,(H,27,29)/t16-,22+/m0/s1. The molecular weight excluding hydrogens is 406 g/mol. The van der Waals surface area contributed by atoms with Crippen molar-refractivity contribution in [3.8, 4) is 11.5 Å². The maximum atomic E-state index is 13.7. The van der Waals surface area contributed by atoms with E-state index in [1.807, 2.05) is 63.2 Å². The summed E-state index contributed by atoms with van der Waals surface area (Å²) in [5.74, 6) is 0.457. The number of hydrogen-bond donors (Lipinski definition) is 1. The number of nitrogens with zero attached hydrogens (tertiary/aromatic N) is 2. The third kappa shape index (κ3) is 4.51. The molecule has 166 valence electrons. The summed E-state index contributed by atoms with van der Waals surface area (Å²) >= 11 is 0. The lowest BCUT2D eigenvalue weighted by atomic mass is 10.1. The first kappa shape index (κ1) is 21.6. The molecule has 2 atom stereocenters. The Bertz CT molecular complexity index is 1160. The minimum absolute atomic E-state index is 0.0565. The van der Waals surface area contributed by atoms with Gasteiger partial charge in [-0.2, -0.15) is 0 Å². The molecule has 32 heavy (non-hydrogen) atoms. The second kappa shape index (κ2) is 8.49. The summed E-state index contributed by atoms with van der Waals surface area (Å²) in [6.45, 7) is 7.45. The second-order valence-electron chi connectivity index (χ2n) is 8.87. The number of benzene rings is 2. The van der Waals surface area contributed by atoms with Gasteiger partial charge in [0.25, 0.3) is 5.91 Å². The Labute approximate surface area is 187 Å². The molecule has 0 saturated carbocycles. The number of para-hydroxylation sites is 3. The van der Waals surface area contributed by atoms with Gasteiger partial charge in [-0.05, 0) is 52.0 Å². The summed E-state index contributed by atoms with van der Waals surface area (Å²) in [6.07, 6.45) is 0.722. The monoisotopic (exact) mass is 433 g/mol. The normalized spacial score (nSPS) is 16.3. The van der Waals surface area contributed by atoms with E-state index in [0.717, 1.165) is 10.9 Å². The van der Waals surface area contributed by atoms with E-state index >= 15 is 0 Å². The van der Waals surface area contributed by atoms with Crippen LogP contribution >= 0.6 is 0 Å². The van der Waals surface area contributed by atoms with Crippen molar-refractivity contribution < 1.29 is 19.1 Å². The first-order valence-electron chi connectivity index (χ1n) is 10.6. The van der Waals surface area contributed by atoms with Crippen LogP contribution in [0.15, 0.2) is 60.8 Å². The molecule has 0 aliphatic carbocycles. The highest BCUT2D eigenvalue weighted by Crippen LogP contribution is 2.32. The molecule has 0 bridgehead atoms. The van der Waals surface area contributed by atoms with E-state index in [0.29, 0.717) is 17.2 Å². The quantitative estimate of drug-likeness (QED) is 0.678. The molecule has 4 rings (SSSR count). The molecule has 1 aliphatic rings. The minimum Gasteiger partial charge on any atom is -0.485 e. The van der Waals surface area contributed by atoms with Crippen molar-refractivity contribution in [2.75, 3.05) is 11.5 Å². The summed E-state index contributed by atoms with van der Waals surface area (Å²) in [7, 11) is 0. The molecule has 0 spiro atoms. The van der Waals surface area contributed by atoms with E-state index in [9.17, 15) is 9.59 Å². The Morgan fingerprint density at radius 1 is 1.09 bits per heavy atom. The van der Waals surface area contributed by atoms with Gasteiger partial charge in [-0.15, -0.1) is 0 Å². The number of anilines is 1. The molecule has 7 heteroatoms. The Morgan fingerprint density at radius 2 is 1.78 bits per heavy atom. The first-order chi connectivity index (χ1) is 15.2. The summed E-state index contributed by atoms with van der Waals surface area (Å²) in [5.41, 5.74) is 0.889. The minimum atomic E-state index is -0.888. The average Bonchev–Trinajstić information content (AvgIpc) is 2.77. The van der Waals surface area contributed by atoms with Crippen molar-refractivity contribution in [2.45, 2.75) is 45.4 Å². The number of carbonyl (C=O) groups excluding carboxylic acids is 2. The van der Waals surface area contributed by atoms with Gasteiger partial charge in [0.15, 0.2) is 11.5 Å². The Balaban J connectivity index is 1.69. The van der Waals surface area contributed by atoms with Crippen LogP contribution < -0.4 is 19.7 Å². The predicted molar refractivity (Wildman–Crippen MR) is 123 cm³/mol. The number of amides is 2. The van der Waals surface area contributed by atoms with Crippen LogP contribution in [-0.4, -0.2) is 41.1 Å². The second-order valence-corrected chi connectivity index (χ2v) is 8.87. The lowest BCUT2D eigenvalue weighted by molar-refractivity contribution is -0.131. The van der Waals surface area contributed by atoms with Gasteiger partial charge in [0, 0.05) is 10.9 Å². The van der Waals surface area contributed by atoms with Crippen LogP contribution in [0, 0.1) is 0 Å². The molecule has 2 amide bonds. The molecule has 0 radical (unpaired) electrons. The number of rotatable bonds is 4. The van der Waals surface area contributed by atoms with E-state index in [1.165, 1.54) is 4.90 Å². The maximum Gasteiger partial charge on any atom is 0.272 e. The number of nitrogens with one attached hydrogen (secondary N) is 1. The fourth-order valence-electron chi connectivity index (χ4n) is 3.62. The number of fused-ring (bicyclic) bond motifs is 2. The summed E-state index contributed by atoms with van der Waals surface area (Å²) < 4.78 is 11.7. The van der Waals surface area contributed by atoms with Crippen LogP contribution in [0.25, 0.3) is 10.9 Å². The van der Waals surface area contributed by atoms with E-state index in [1.54, 1.807) is 25.3 Å². The van der Waals surface area contributed by atoms with Gasteiger partial charge in [0.1, 0.15) is 12.6 Å². The van der Waals surface area contributed by atoms with Crippen LogP contribution in [0.5, 0.6) is 11.5 Å². The summed E-state index contributed by atoms with van der Waals surface area (Å²) in [4.78, 5) is 32.6. The van der Waals surface area contributed by atoms with Crippen molar-refractivity contribution >= 4 is 28.4 Å². The third-order valence-corrected chi connectivity index (χ3v) is 5.14. The number of pyridine rings is 1. The van der Waals surface area contributed by atoms with Gasteiger partial charge in [0.05, 0.1) is 17.4 Å². The largest absolute Gasteiger partial charge is 0.485 e. The number of hydrogen-bond acceptors (Lipinski definition) is 5. The molecular formula is C25H27N3O4. The highest BCUT2D eigenvalue weighted by molar-refractivity contribution is 6.04. The smallest absolute Gasteiger partial charge is 0.272 e. The van der Waals surface area contributed by atoms with Crippen molar-refractivity contribution in [3.05, 3.63) is 60.8 Å². The van der Waals surface area contributed by atoms with Crippen molar-refractivity contribution in [3.63, 3.8) is 0 Å². The predicted octanol–water partition coefficient (Wildman–Crippen LogP) is 3.71. The lowest BCUT2D eigenvalue weighted by Gasteiger charge is -2.34. The molecule has 1 N–H and O–H groups in total. The molecule has 0 fully saturated rings. The van der Waals surface area contributed by atoms with E-state index in [2.05, 4.69) is 10.3 Å². The highest BCUT2D eigenvalue weighted by Gasteiger charge is 2.37. The molecule has 0 saturated heterocycles. The van der Waals surface area contributed by atoms with Crippen LogP contribution in [0.1, 0.15) is 27.7 Å². The van der Waals surface area contributed by atoms with E-state index in [-0.39, 0.29) is 18.4 Å². The van der Waals surface area contributed by atoms with Gasteiger partial charge < -0.3 is 14.8 Å². The summed E-state index contributed by atoms with van der Waals surface area (Å²) in [6, 6.07) is 15.9. The highest BCUT2D eigenvalue weighted by atomic mass is 16.6. The van der Waals surface area contributed by atoms with E-state index in [4.69, 9.17) is 9.47 Å². The Kier molecular flexibility index (Phi) is 5.74. The van der Waals surface area contributed by atoms with Gasteiger partial charge in [-0.1, -0.05) is 30.3 Å². The Morgan fingerprint density at radius 3 is 2.53 bits per heavy atom. The number of carbonyl (C=O) groups is 2. The van der Waals surface area contributed by atoms with Crippen molar-refractivity contribution in [1.82, 2.24) is 10.3 Å². The van der Waals surface area contributed by atoms with Gasteiger partial charge >= 0.3 is 0 Å². The SMILES string of the molecule is C[C@@H](C(=O)NC(C)(C)C)N(C(=O)[C@H]1COc2ccccc2O1)c1cnc2ccccc2c1. The van der Waals surface area contributed by atoms with Gasteiger partial charge in [-0.25, -0.2) is 0 Å². The molecule has 1 aliphatic heterocycles. The third-order valence-electron chi connectivity index (χ3n) is 5.14. The van der Waals surface area contributed by atoms with Gasteiger partial charge in [-0.3, -0.25) is 19.5 Å². The zero-order valence-corrected chi connectivity index (χ0v) is 18.7. The van der Waals surface area contributed by atoms with Crippen LogP contribution in [0.2, 0.25) is 0 Å². The average molecular weight is 434 g/mol. The van der Waals surface area contributed by atoms with Crippen LogP contribution in [0.4, 0.5) is 5.69 Å². The topological polar surface area (TPSA) is 80.8 Å². The molecule has 3 aromatic rings. The van der Waals surface area contributed by atoms with E-state index < -0.39 is 17.7 Å². The maximum absolute atomic E-state index is 13.7. The molecule has 2 heterocycles. The number of aromatic nitrogens is 1. The zero-order valence-electron chi connectivity index (χ0n) is 18.7. The fourth-order valence-corrected chi connectivity index (χ4v) is 3.62.